The fraction of sp³-hybridized carbons (Fsp3) is 0.909. The van der Waals surface area contributed by atoms with E-state index in [2.05, 4.69) is 13.8 Å². The quantitative estimate of drug-likeness (QED) is 0.541. The van der Waals surface area contributed by atoms with Crippen molar-refractivity contribution >= 4 is 5.78 Å². The van der Waals surface area contributed by atoms with Gasteiger partial charge < -0.3 is 0 Å². The Balaban J connectivity index is 2.26. The molecule has 0 heterocycles. The smallest absolute Gasteiger partial charge is 0.136 e. The number of hydrogen-bond acceptors (Lipinski definition) is 1. The Morgan fingerprint density at radius 1 is 1.42 bits per heavy atom. The third-order valence-corrected chi connectivity index (χ3v) is 4.01. The molecule has 0 bridgehead atoms. The van der Waals surface area contributed by atoms with Gasteiger partial charge in [-0.1, -0.05) is 13.8 Å². The van der Waals surface area contributed by atoms with Gasteiger partial charge in [-0.25, -0.2) is 0 Å². The Kier molecular flexibility index (Phi) is 1.78. The van der Waals surface area contributed by atoms with Gasteiger partial charge in [-0.05, 0) is 37.0 Å². The van der Waals surface area contributed by atoms with E-state index in [4.69, 9.17) is 0 Å². The molecule has 0 aromatic heterocycles. The van der Waals surface area contributed by atoms with Crippen LogP contribution in [0.25, 0.3) is 0 Å². The van der Waals surface area contributed by atoms with Gasteiger partial charge in [0.05, 0.1) is 0 Å². The Morgan fingerprint density at radius 3 is 2.83 bits per heavy atom. The minimum absolute atomic E-state index is 0.384. The summed E-state index contributed by atoms with van der Waals surface area (Å²) < 4.78 is 0. The van der Waals surface area contributed by atoms with Gasteiger partial charge in [0.15, 0.2) is 0 Å². The lowest BCUT2D eigenvalue weighted by molar-refractivity contribution is -0.130. The molecule has 0 amide bonds. The van der Waals surface area contributed by atoms with Crippen molar-refractivity contribution in [1.29, 1.82) is 0 Å². The summed E-state index contributed by atoms with van der Waals surface area (Å²) >= 11 is 0. The van der Waals surface area contributed by atoms with Crippen LogP contribution in [0.3, 0.4) is 0 Å². The number of ketones is 1. The second-order valence-corrected chi connectivity index (χ2v) is 4.97. The predicted octanol–water partition coefficient (Wildman–Crippen LogP) is 2.79. The molecule has 2 aliphatic rings. The lowest BCUT2D eigenvalue weighted by atomic mass is 9.67. The summed E-state index contributed by atoms with van der Waals surface area (Å²) in [4.78, 5) is 11.7. The molecule has 2 fully saturated rings. The van der Waals surface area contributed by atoms with Gasteiger partial charge in [0.2, 0.25) is 0 Å². The highest BCUT2D eigenvalue weighted by Gasteiger charge is 2.48. The first-order valence-corrected chi connectivity index (χ1v) is 5.16. The molecule has 0 N–H and O–H groups in total. The molecule has 1 heteroatoms. The first-order chi connectivity index (χ1) is 5.63. The van der Waals surface area contributed by atoms with Crippen LogP contribution in [0.5, 0.6) is 0 Å². The third kappa shape index (κ3) is 1.02. The molecular formula is C11H18O. The Bertz CT molecular complexity index is 205. The molecule has 0 spiro atoms. The largest absolute Gasteiger partial charge is 0.299 e. The molecule has 0 saturated heterocycles. The normalized spacial score (nSPS) is 47.7. The highest BCUT2D eigenvalue weighted by atomic mass is 16.1. The minimum Gasteiger partial charge on any atom is -0.299 e. The predicted molar refractivity (Wildman–Crippen MR) is 48.9 cm³/mol. The van der Waals surface area contributed by atoms with Crippen molar-refractivity contribution in [2.24, 2.45) is 17.3 Å². The van der Waals surface area contributed by atoms with Crippen molar-refractivity contribution in [3.05, 3.63) is 0 Å². The van der Waals surface area contributed by atoms with Gasteiger partial charge in [-0.15, -0.1) is 0 Å². The summed E-state index contributed by atoms with van der Waals surface area (Å²) in [6.45, 7) is 4.57. The van der Waals surface area contributed by atoms with E-state index >= 15 is 0 Å². The van der Waals surface area contributed by atoms with Crippen LogP contribution in [-0.2, 0) is 4.79 Å². The Labute approximate surface area is 74.5 Å². The number of Topliss-reactive ketones (excluding diaryl/α,β-unsaturated/α-hetero) is 1. The molecule has 2 aliphatic carbocycles. The van der Waals surface area contributed by atoms with Crippen molar-refractivity contribution in [2.45, 2.75) is 46.0 Å². The van der Waals surface area contributed by atoms with E-state index in [0.717, 1.165) is 12.8 Å². The molecule has 0 aromatic rings. The molecule has 12 heavy (non-hydrogen) atoms. The minimum atomic E-state index is 0.384. The summed E-state index contributed by atoms with van der Waals surface area (Å²) in [5.41, 5.74) is 0.384. The van der Waals surface area contributed by atoms with Gasteiger partial charge in [0, 0.05) is 12.3 Å². The fourth-order valence-corrected chi connectivity index (χ4v) is 3.37. The zero-order chi connectivity index (χ0) is 8.77. The molecule has 2 rings (SSSR count). The zero-order valence-corrected chi connectivity index (χ0v) is 8.10. The Hall–Kier alpha value is -0.330. The maximum absolute atomic E-state index is 11.7. The number of carbonyl (C=O) groups is 1. The van der Waals surface area contributed by atoms with Crippen LogP contribution in [0.2, 0.25) is 0 Å². The Morgan fingerprint density at radius 2 is 2.17 bits per heavy atom. The molecule has 2 saturated carbocycles. The van der Waals surface area contributed by atoms with E-state index in [-0.39, 0.29) is 0 Å². The monoisotopic (exact) mass is 166 g/mol. The lowest BCUT2D eigenvalue weighted by Crippen LogP contribution is -2.35. The third-order valence-electron chi connectivity index (χ3n) is 4.01. The van der Waals surface area contributed by atoms with Gasteiger partial charge in [0.1, 0.15) is 5.78 Å². The van der Waals surface area contributed by atoms with Crippen molar-refractivity contribution in [3.8, 4) is 0 Å². The SMILES string of the molecule is CC1CCC2(C)CCCC(=O)C12. The molecule has 0 aromatic carbocycles. The fourth-order valence-electron chi connectivity index (χ4n) is 3.37. The summed E-state index contributed by atoms with van der Waals surface area (Å²) in [5.74, 6) is 1.61. The van der Waals surface area contributed by atoms with Crippen LogP contribution < -0.4 is 0 Å². The van der Waals surface area contributed by atoms with Crippen LogP contribution >= 0.6 is 0 Å². The van der Waals surface area contributed by atoms with E-state index in [0.29, 0.717) is 23.0 Å². The number of rotatable bonds is 0. The van der Waals surface area contributed by atoms with Gasteiger partial charge in [0.25, 0.3) is 0 Å². The number of hydrogen-bond donors (Lipinski definition) is 0. The molecule has 3 unspecified atom stereocenters. The topological polar surface area (TPSA) is 17.1 Å². The molecule has 0 aliphatic heterocycles. The van der Waals surface area contributed by atoms with Gasteiger partial charge >= 0.3 is 0 Å². The highest BCUT2D eigenvalue weighted by Crippen LogP contribution is 2.52. The maximum atomic E-state index is 11.7. The van der Waals surface area contributed by atoms with Crippen molar-refractivity contribution < 1.29 is 4.79 Å². The van der Waals surface area contributed by atoms with Crippen LogP contribution in [0.1, 0.15) is 46.0 Å². The van der Waals surface area contributed by atoms with Crippen molar-refractivity contribution in [1.82, 2.24) is 0 Å². The molecular weight excluding hydrogens is 148 g/mol. The number of fused-ring (bicyclic) bond motifs is 1. The summed E-state index contributed by atoms with van der Waals surface area (Å²) in [6.07, 6.45) is 5.83. The molecule has 68 valence electrons. The second-order valence-electron chi connectivity index (χ2n) is 4.97. The highest BCUT2D eigenvalue weighted by molar-refractivity contribution is 5.83. The van der Waals surface area contributed by atoms with E-state index in [1.807, 2.05) is 0 Å². The summed E-state index contributed by atoms with van der Waals surface area (Å²) in [6, 6.07) is 0. The van der Waals surface area contributed by atoms with E-state index in [1.54, 1.807) is 0 Å². The van der Waals surface area contributed by atoms with Crippen LogP contribution in [-0.4, -0.2) is 5.78 Å². The van der Waals surface area contributed by atoms with Gasteiger partial charge in [-0.2, -0.15) is 0 Å². The average molecular weight is 166 g/mol. The molecule has 0 radical (unpaired) electrons. The molecule has 3 atom stereocenters. The first-order valence-electron chi connectivity index (χ1n) is 5.16. The standard InChI is InChI=1S/C11H18O/c1-8-5-7-11(2)6-3-4-9(12)10(8)11/h8,10H,3-7H2,1-2H3. The van der Waals surface area contributed by atoms with E-state index < -0.39 is 0 Å². The van der Waals surface area contributed by atoms with E-state index in [9.17, 15) is 4.79 Å². The first kappa shape index (κ1) is 8.28. The van der Waals surface area contributed by atoms with E-state index in [1.165, 1.54) is 19.3 Å². The van der Waals surface area contributed by atoms with Crippen LogP contribution in [0, 0.1) is 17.3 Å². The van der Waals surface area contributed by atoms with Crippen LogP contribution in [0.4, 0.5) is 0 Å². The zero-order valence-electron chi connectivity index (χ0n) is 8.10. The summed E-state index contributed by atoms with van der Waals surface area (Å²) in [5, 5.41) is 0. The number of carbonyl (C=O) groups excluding carboxylic acids is 1. The lowest BCUT2D eigenvalue weighted by Gasteiger charge is -2.36. The average Bonchev–Trinajstić information content (AvgIpc) is 2.29. The van der Waals surface area contributed by atoms with Gasteiger partial charge in [-0.3, -0.25) is 4.79 Å². The maximum Gasteiger partial charge on any atom is 0.136 e. The van der Waals surface area contributed by atoms with Crippen molar-refractivity contribution in [2.75, 3.05) is 0 Å². The summed E-state index contributed by atoms with van der Waals surface area (Å²) in [7, 11) is 0. The molecule has 1 nitrogen and oxygen atoms in total. The second kappa shape index (κ2) is 2.58. The van der Waals surface area contributed by atoms with Crippen LogP contribution in [0.15, 0.2) is 0 Å². The van der Waals surface area contributed by atoms with Crippen molar-refractivity contribution in [3.63, 3.8) is 0 Å².